The monoisotopic (exact) mass is 757 g/mol. The van der Waals surface area contributed by atoms with Crippen LogP contribution in [0.4, 0.5) is 0 Å². The third-order valence-electron chi connectivity index (χ3n) is 12.0. The Kier molecular flexibility index (Phi) is 9.56. The van der Waals surface area contributed by atoms with Crippen LogP contribution in [-0.4, -0.2) is 15.0 Å². The molecule has 2 aromatic heterocycles. The Bertz CT molecular complexity index is 3020. The molecule has 0 amide bonds. The van der Waals surface area contributed by atoms with Crippen LogP contribution in [-0.2, 0) is 6.42 Å². The molecule has 0 N–H and O–H groups in total. The lowest BCUT2D eigenvalue weighted by molar-refractivity contribution is 0.776. The van der Waals surface area contributed by atoms with E-state index in [1.807, 2.05) is 18.3 Å². The molecule has 7 aromatic carbocycles. The van der Waals surface area contributed by atoms with E-state index < -0.39 is 0 Å². The molecule has 0 aliphatic heterocycles. The Balaban J connectivity index is 1.03. The van der Waals surface area contributed by atoms with Gasteiger partial charge in [-0.25, -0.2) is 9.97 Å². The van der Waals surface area contributed by atoms with Gasteiger partial charge in [-0.1, -0.05) is 171 Å². The lowest BCUT2D eigenvalue weighted by atomic mass is 9.85. The minimum absolute atomic E-state index is 0.274. The first kappa shape index (κ1) is 36.1. The SMILES string of the molecule is C=Cc1ccccc1C(CC)c1ccc(-c2cc(-c3ccc(-c4cccnc4)cc3)nc(-c3ccc(-c4ccc5c(c4)c4c(c6ccccc65)CCC=C4)cc3)n2)cc1. The molecule has 1 unspecified atom stereocenters. The van der Waals surface area contributed by atoms with Gasteiger partial charge in [0.1, 0.15) is 0 Å². The fraction of sp³-hybridized carbons (Fsp3) is 0.0893. The van der Waals surface area contributed by atoms with Crippen molar-refractivity contribution in [2.45, 2.75) is 32.1 Å². The van der Waals surface area contributed by atoms with E-state index in [1.54, 1.807) is 6.20 Å². The van der Waals surface area contributed by atoms with Gasteiger partial charge in [-0.2, -0.15) is 0 Å². The molecule has 59 heavy (non-hydrogen) atoms. The van der Waals surface area contributed by atoms with Crippen molar-refractivity contribution < 1.29 is 0 Å². The largest absolute Gasteiger partial charge is 0.264 e. The molecule has 9 aromatic rings. The molecule has 1 aliphatic carbocycles. The molecule has 0 spiro atoms. The number of hydrogen-bond donors (Lipinski definition) is 0. The minimum atomic E-state index is 0.274. The molecule has 10 rings (SSSR count). The Morgan fingerprint density at radius 3 is 1.92 bits per heavy atom. The molecule has 0 radical (unpaired) electrons. The third kappa shape index (κ3) is 6.85. The molecule has 0 saturated heterocycles. The number of allylic oxidation sites excluding steroid dienone is 1. The van der Waals surface area contributed by atoms with Gasteiger partial charge in [-0.3, -0.25) is 4.98 Å². The Labute approximate surface area is 346 Å². The zero-order valence-corrected chi connectivity index (χ0v) is 33.1. The number of aromatic nitrogens is 3. The molecule has 0 fully saturated rings. The summed E-state index contributed by atoms with van der Waals surface area (Å²) in [6, 6.07) is 56.7. The summed E-state index contributed by atoms with van der Waals surface area (Å²) in [5.41, 5.74) is 16.0. The van der Waals surface area contributed by atoms with Crippen LogP contribution in [0.1, 0.15) is 53.5 Å². The van der Waals surface area contributed by atoms with Crippen LogP contribution >= 0.6 is 0 Å². The van der Waals surface area contributed by atoms with Gasteiger partial charge < -0.3 is 0 Å². The summed E-state index contributed by atoms with van der Waals surface area (Å²) in [7, 11) is 0. The zero-order chi connectivity index (χ0) is 39.7. The summed E-state index contributed by atoms with van der Waals surface area (Å²) in [4.78, 5) is 14.7. The first-order valence-electron chi connectivity index (χ1n) is 20.6. The van der Waals surface area contributed by atoms with E-state index in [2.05, 4.69) is 182 Å². The molecule has 1 atom stereocenters. The van der Waals surface area contributed by atoms with Gasteiger partial charge in [0.05, 0.1) is 11.4 Å². The second kappa shape index (κ2) is 15.6. The molecule has 3 nitrogen and oxygen atoms in total. The van der Waals surface area contributed by atoms with Crippen LogP contribution in [0.5, 0.6) is 0 Å². The number of rotatable bonds is 9. The van der Waals surface area contributed by atoms with E-state index >= 15 is 0 Å². The molecule has 3 heteroatoms. The average molecular weight is 758 g/mol. The maximum absolute atomic E-state index is 5.23. The van der Waals surface area contributed by atoms with E-state index in [-0.39, 0.29) is 5.92 Å². The fourth-order valence-corrected chi connectivity index (χ4v) is 8.95. The molecule has 2 heterocycles. The van der Waals surface area contributed by atoms with Crippen LogP contribution in [0.15, 0.2) is 183 Å². The van der Waals surface area contributed by atoms with Crippen molar-refractivity contribution in [1.29, 1.82) is 0 Å². The van der Waals surface area contributed by atoms with Gasteiger partial charge >= 0.3 is 0 Å². The number of pyridine rings is 1. The maximum Gasteiger partial charge on any atom is 0.160 e. The van der Waals surface area contributed by atoms with Crippen LogP contribution < -0.4 is 0 Å². The second-order valence-electron chi connectivity index (χ2n) is 15.4. The Hall–Kier alpha value is -7.23. The normalized spacial score (nSPS) is 12.7. The highest BCUT2D eigenvalue weighted by Gasteiger charge is 2.18. The highest BCUT2D eigenvalue weighted by Crippen LogP contribution is 2.39. The van der Waals surface area contributed by atoms with Crippen molar-refractivity contribution in [3.8, 4) is 56.2 Å². The summed E-state index contributed by atoms with van der Waals surface area (Å²) in [5, 5.41) is 5.32. The number of benzene rings is 7. The van der Waals surface area contributed by atoms with Crippen molar-refractivity contribution in [3.63, 3.8) is 0 Å². The van der Waals surface area contributed by atoms with Crippen LogP contribution in [0.3, 0.4) is 0 Å². The summed E-state index contributed by atoms with van der Waals surface area (Å²) in [6.45, 7) is 6.33. The van der Waals surface area contributed by atoms with Crippen molar-refractivity contribution in [2.24, 2.45) is 0 Å². The van der Waals surface area contributed by atoms with Crippen LogP contribution in [0.25, 0.3) is 89.9 Å². The first-order chi connectivity index (χ1) is 29.1. The van der Waals surface area contributed by atoms with Crippen LogP contribution in [0.2, 0.25) is 0 Å². The number of nitrogens with zero attached hydrogens (tertiary/aromatic N) is 3. The molecule has 0 saturated carbocycles. The van der Waals surface area contributed by atoms with Crippen molar-refractivity contribution in [1.82, 2.24) is 15.0 Å². The van der Waals surface area contributed by atoms with E-state index in [1.165, 1.54) is 60.5 Å². The highest BCUT2D eigenvalue weighted by atomic mass is 14.9. The van der Waals surface area contributed by atoms with Crippen molar-refractivity contribution >= 4 is 33.7 Å². The Morgan fingerprint density at radius 1 is 0.576 bits per heavy atom. The number of hydrogen-bond acceptors (Lipinski definition) is 3. The predicted molar refractivity (Wildman–Crippen MR) is 248 cm³/mol. The van der Waals surface area contributed by atoms with Gasteiger partial charge in [0.2, 0.25) is 0 Å². The fourth-order valence-electron chi connectivity index (χ4n) is 8.95. The molecular weight excluding hydrogens is 715 g/mol. The molecular formula is C56H43N3. The topological polar surface area (TPSA) is 38.7 Å². The smallest absolute Gasteiger partial charge is 0.160 e. The maximum atomic E-state index is 5.23. The summed E-state index contributed by atoms with van der Waals surface area (Å²) in [6.07, 6.45) is 13.4. The van der Waals surface area contributed by atoms with Gasteiger partial charge in [0.15, 0.2) is 5.82 Å². The van der Waals surface area contributed by atoms with E-state index in [4.69, 9.17) is 9.97 Å². The van der Waals surface area contributed by atoms with Crippen molar-refractivity contribution in [2.75, 3.05) is 0 Å². The lowest BCUT2D eigenvalue weighted by Gasteiger charge is -2.19. The zero-order valence-electron chi connectivity index (χ0n) is 33.1. The van der Waals surface area contributed by atoms with Gasteiger partial charge in [0, 0.05) is 35.0 Å². The van der Waals surface area contributed by atoms with E-state index in [0.717, 1.165) is 58.5 Å². The Morgan fingerprint density at radius 2 is 1.20 bits per heavy atom. The summed E-state index contributed by atoms with van der Waals surface area (Å²) >= 11 is 0. The highest BCUT2D eigenvalue weighted by molar-refractivity contribution is 6.13. The molecule has 1 aliphatic rings. The molecule has 282 valence electrons. The van der Waals surface area contributed by atoms with Crippen LogP contribution in [0, 0.1) is 0 Å². The quantitative estimate of drug-likeness (QED) is 0.138. The van der Waals surface area contributed by atoms with Gasteiger partial charge in [0.25, 0.3) is 0 Å². The average Bonchev–Trinajstić information content (AvgIpc) is 3.32. The first-order valence-corrected chi connectivity index (χ1v) is 20.6. The summed E-state index contributed by atoms with van der Waals surface area (Å²) < 4.78 is 0. The number of aryl methyl sites for hydroxylation is 1. The van der Waals surface area contributed by atoms with Gasteiger partial charge in [-0.15, -0.1) is 0 Å². The standard InChI is InChI=1S/C56H43N3/c1-3-37-12-5-6-14-47(37)46(4-2)40-23-27-42(28-24-40)55-35-54(41-25-19-39(20-26-41)45-13-11-33-57-36-45)58-56(59-55)43-29-21-38(22-30-43)44-31-32-52-50-17-8-7-15-48(50)49-16-9-10-18-51(49)53(52)34-44/h3,5-8,10-15,17-36,46H,1,4,9,16H2,2H3. The van der Waals surface area contributed by atoms with Crippen molar-refractivity contribution in [3.05, 3.63) is 211 Å². The minimum Gasteiger partial charge on any atom is -0.264 e. The predicted octanol–water partition coefficient (Wildman–Crippen LogP) is 14.7. The lowest BCUT2D eigenvalue weighted by Crippen LogP contribution is -2.02. The summed E-state index contributed by atoms with van der Waals surface area (Å²) in [5.74, 6) is 0.968. The molecule has 0 bridgehead atoms. The van der Waals surface area contributed by atoms with E-state index in [0.29, 0.717) is 5.82 Å². The van der Waals surface area contributed by atoms with Gasteiger partial charge in [-0.05, 0) is 109 Å². The van der Waals surface area contributed by atoms with E-state index in [9.17, 15) is 0 Å². The third-order valence-corrected chi connectivity index (χ3v) is 12.0. The number of fused-ring (bicyclic) bond motifs is 6. The second-order valence-corrected chi connectivity index (χ2v) is 15.4.